The van der Waals surface area contributed by atoms with Crippen molar-refractivity contribution in [2.45, 2.75) is 59.2 Å². The van der Waals surface area contributed by atoms with Crippen molar-refractivity contribution in [3.63, 3.8) is 0 Å². The Labute approximate surface area is 226 Å². The summed E-state index contributed by atoms with van der Waals surface area (Å²) >= 11 is 0. The number of halogens is 1. The third kappa shape index (κ3) is 5.13. The summed E-state index contributed by atoms with van der Waals surface area (Å²) in [6.07, 6.45) is 4.90. The molecule has 11 heteroatoms. The van der Waals surface area contributed by atoms with Crippen LogP contribution in [0.4, 0.5) is 20.6 Å². The zero-order valence-electron chi connectivity index (χ0n) is 23.3. The Balaban J connectivity index is 1.41. The van der Waals surface area contributed by atoms with Gasteiger partial charge in [0.2, 0.25) is 0 Å². The van der Waals surface area contributed by atoms with E-state index in [2.05, 4.69) is 20.3 Å². The number of hydrogen-bond acceptors (Lipinski definition) is 6. The van der Waals surface area contributed by atoms with Gasteiger partial charge in [-0.25, -0.2) is 14.2 Å². The molecule has 1 aliphatic heterocycles. The highest BCUT2D eigenvalue weighted by Gasteiger charge is 2.36. The minimum absolute atomic E-state index is 0.0880. The van der Waals surface area contributed by atoms with E-state index >= 15 is 0 Å². The number of carbonyl (C=O) groups is 2. The fourth-order valence-corrected chi connectivity index (χ4v) is 5.31. The van der Waals surface area contributed by atoms with Crippen LogP contribution >= 0.6 is 0 Å². The van der Waals surface area contributed by atoms with Crippen LogP contribution in [0.3, 0.4) is 0 Å². The number of carbonyl (C=O) groups excluding carboxylic acids is 2. The SMILES string of the molecule is Cc1cn2cc(NC(=O)c3ccc(N4C[C@@H](C)N(C(=O)OC(C)(C)C)[C@@H](C)C4)c4cn(C)nc34)cc(F)c2n1. The summed E-state index contributed by atoms with van der Waals surface area (Å²) < 4.78 is 23.4. The Hall–Kier alpha value is -4.15. The summed E-state index contributed by atoms with van der Waals surface area (Å²) in [6, 6.07) is 4.73. The van der Waals surface area contributed by atoms with Crippen molar-refractivity contribution >= 4 is 39.9 Å². The maximum absolute atomic E-state index is 14.6. The maximum Gasteiger partial charge on any atom is 0.410 e. The second-order valence-corrected chi connectivity index (χ2v) is 11.3. The van der Waals surface area contributed by atoms with Gasteiger partial charge in [-0.1, -0.05) is 0 Å². The van der Waals surface area contributed by atoms with Gasteiger partial charge in [0.05, 0.1) is 29.0 Å². The Kier molecular flexibility index (Phi) is 6.48. The molecular formula is C28H34FN7O3. The second-order valence-electron chi connectivity index (χ2n) is 11.3. The van der Waals surface area contributed by atoms with Gasteiger partial charge in [0, 0.05) is 55.9 Å². The van der Waals surface area contributed by atoms with Gasteiger partial charge in [0.25, 0.3) is 5.91 Å². The number of amides is 2. The van der Waals surface area contributed by atoms with Crippen LogP contribution in [0.15, 0.2) is 36.8 Å². The highest BCUT2D eigenvalue weighted by Crippen LogP contribution is 2.32. The summed E-state index contributed by atoms with van der Waals surface area (Å²) in [5.41, 5.74) is 2.49. The van der Waals surface area contributed by atoms with Crippen molar-refractivity contribution in [2.24, 2.45) is 7.05 Å². The third-order valence-electron chi connectivity index (χ3n) is 6.76. The summed E-state index contributed by atoms with van der Waals surface area (Å²) in [7, 11) is 1.81. The molecule has 0 aliphatic carbocycles. The van der Waals surface area contributed by atoms with E-state index in [1.807, 2.05) is 53.9 Å². The van der Waals surface area contributed by atoms with E-state index in [0.717, 1.165) is 11.1 Å². The number of rotatable bonds is 3. The first-order valence-corrected chi connectivity index (χ1v) is 13.0. The molecule has 0 radical (unpaired) electrons. The van der Waals surface area contributed by atoms with Crippen LogP contribution in [0.1, 0.15) is 50.7 Å². The van der Waals surface area contributed by atoms with E-state index in [4.69, 9.17) is 4.74 Å². The third-order valence-corrected chi connectivity index (χ3v) is 6.76. The molecule has 206 valence electrons. The monoisotopic (exact) mass is 535 g/mol. The molecule has 2 atom stereocenters. The Morgan fingerprint density at radius 1 is 1.10 bits per heavy atom. The van der Waals surface area contributed by atoms with Gasteiger partial charge in [-0.3, -0.25) is 14.4 Å². The Bertz CT molecular complexity index is 1570. The smallest absolute Gasteiger partial charge is 0.410 e. The highest BCUT2D eigenvalue weighted by molar-refractivity contribution is 6.14. The van der Waals surface area contributed by atoms with Crippen LogP contribution < -0.4 is 10.2 Å². The molecule has 1 aromatic carbocycles. The van der Waals surface area contributed by atoms with E-state index < -0.39 is 17.3 Å². The van der Waals surface area contributed by atoms with E-state index in [9.17, 15) is 14.0 Å². The van der Waals surface area contributed by atoms with Crippen LogP contribution in [0, 0.1) is 12.7 Å². The maximum atomic E-state index is 14.6. The number of nitrogens with zero attached hydrogens (tertiary/aromatic N) is 6. The number of hydrogen-bond donors (Lipinski definition) is 1. The molecule has 5 rings (SSSR count). The summed E-state index contributed by atoms with van der Waals surface area (Å²) in [5.74, 6) is -0.912. The van der Waals surface area contributed by atoms with Crippen LogP contribution in [0.25, 0.3) is 16.6 Å². The number of anilines is 2. The van der Waals surface area contributed by atoms with Gasteiger partial charge in [-0.05, 0) is 53.7 Å². The predicted octanol–water partition coefficient (Wildman–Crippen LogP) is 4.75. The summed E-state index contributed by atoms with van der Waals surface area (Å²) in [6.45, 7) is 12.6. The lowest BCUT2D eigenvalue weighted by atomic mass is 10.0. The number of piperazine rings is 1. The number of benzene rings is 1. The number of ether oxygens (including phenoxy) is 1. The van der Waals surface area contributed by atoms with Crippen molar-refractivity contribution in [3.8, 4) is 0 Å². The number of aryl methyl sites for hydroxylation is 2. The molecule has 1 aliphatic rings. The minimum atomic E-state index is -0.568. The fraction of sp³-hybridized carbons (Fsp3) is 0.429. The number of aromatic nitrogens is 4. The number of imidazole rings is 1. The molecule has 4 aromatic rings. The van der Waals surface area contributed by atoms with Gasteiger partial charge in [-0.15, -0.1) is 0 Å². The average Bonchev–Trinajstić information content (AvgIpc) is 3.38. The molecule has 39 heavy (non-hydrogen) atoms. The van der Waals surface area contributed by atoms with Crippen molar-refractivity contribution in [1.29, 1.82) is 0 Å². The average molecular weight is 536 g/mol. The van der Waals surface area contributed by atoms with Crippen molar-refractivity contribution in [2.75, 3.05) is 23.3 Å². The molecule has 1 N–H and O–H groups in total. The molecule has 3 aromatic heterocycles. The first-order chi connectivity index (χ1) is 18.3. The molecule has 4 heterocycles. The Morgan fingerprint density at radius 2 is 1.79 bits per heavy atom. The van der Waals surface area contributed by atoms with E-state index in [0.29, 0.717) is 35.6 Å². The molecule has 0 bridgehead atoms. The topological polar surface area (TPSA) is 97.0 Å². The van der Waals surface area contributed by atoms with E-state index in [1.165, 1.54) is 6.07 Å². The minimum Gasteiger partial charge on any atom is -0.444 e. The molecular weight excluding hydrogens is 501 g/mol. The predicted molar refractivity (Wildman–Crippen MR) is 148 cm³/mol. The molecule has 1 saturated heterocycles. The van der Waals surface area contributed by atoms with E-state index in [1.54, 1.807) is 39.4 Å². The molecule has 10 nitrogen and oxygen atoms in total. The van der Waals surface area contributed by atoms with E-state index in [-0.39, 0.29) is 23.8 Å². The normalized spacial score (nSPS) is 18.2. The van der Waals surface area contributed by atoms with Crippen LogP contribution in [0.2, 0.25) is 0 Å². The number of nitrogens with one attached hydrogen (secondary N) is 1. The largest absolute Gasteiger partial charge is 0.444 e. The van der Waals surface area contributed by atoms with Crippen molar-refractivity contribution < 1.29 is 18.7 Å². The van der Waals surface area contributed by atoms with Crippen LogP contribution in [0.5, 0.6) is 0 Å². The quantitative estimate of drug-likeness (QED) is 0.407. The summed E-state index contributed by atoms with van der Waals surface area (Å²) in [4.78, 5) is 34.4. The number of pyridine rings is 1. The Morgan fingerprint density at radius 3 is 2.46 bits per heavy atom. The first kappa shape index (κ1) is 26.5. The van der Waals surface area contributed by atoms with Crippen molar-refractivity contribution in [1.82, 2.24) is 24.1 Å². The molecule has 0 unspecified atom stereocenters. The van der Waals surface area contributed by atoms with Gasteiger partial charge in [-0.2, -0.15) is 5.10 Å². The molecule has 0 saturated carbocycles. The molecule has 2 amide bonds. The van der Waals surface area contributed by atoms with Gasteiger partial charge < -0.3 is 19.4 Å². The first-order valence-electron chi connectivity index (χ1n) is 13.0. The number of fused-ring (bicyclic) bond motifs is 2. The zero-order chi connectivity index (χ0) is 28.2. The molecule has 1 fully saturated rings. The lowest BCUT2D eigenvalue weighted by Gasteiger charge is -2.45. The highest BCUT2D eigenvalue weighted by atomic mass is 19.1. The zero-order valence-corrected chi connectivity index (χ0v) is 23.3. The van der Waals surface area contributed by atoms with Crippen molar-refractivity contribution in [3.05, 3.63) is 53.9 Å². The standard InChI is InChI=1S/C28H34FN7O3/c1-16-11-35-14-19(10-22(29)25(35)30-16)31-26(37)20-8-9-23(21-15-33(7)32-24(20)21)34-12-17(2)36(18(3)13-34)27(38)39-28(4,5)6/h8-11,14-15,17-18H,12-13H2,1-7H3,(H,31,37)/t17-,18+. The van der Waals surface area contributed by atoms with Crippen LogP contribution in [-0.2, 0) is 11.8 Å². The lowest BCUT2D eigenvalue weighted by molar-refractivity contribution is 0.00567. The van der Waals surface area contributed by atoms with Crippen LogP contribution in [-0.4, -0.2) is 66.8 Å². The molecule has 0 spiro atoms. The van der Waals surface area contributed by atoms with Gasteiger partial charge >= 0.3 is 6.09 Å². The second kappa shape index (κ2) is 9.55. The van der Waals surface area contributed by atoms with Gasteiger partial charge in [0.15, 0.2) is 11.5 Å². The summed E-state index contributed by atoms with van der Waals surface area (Å²) in [5, 5.41) is 8.20. The fourth-order valence-electron chi connectivity index (χ4n) is 5.31. The lowest BCUT2D eigenvalue weighted by Crippen LogP contribution is -2.59. The van der Waals surface area contributed by atoms with Gasteiger partial charge in [0.1, 0.15) is 11.1 Å².